The van der Waals surface area contributed by atoms with Gasteiger partial charge in [-0.2, -0.15) is 0 Å². The number of aliphatic carboxylic acids is 1. The largest absolute Gasteiger partial charge is 1.00 e. The number of hydrogen-bond donors (Lipinski definition) is 1. The summed E-state index contributed by atoms with van der Waals surface area (Å²) in [6.07, 6.45) is 0. The summed E-state index contributed by atoms with van der Waals surface area (Å²) in [5.74, 6) is -0.935. The molecule has 0 fully saturated rings. The number of carboxylic acids is 1. The first-order valence-corrected chi connectivity index (χ1v) is 1.53. The highest BCUT2D eigenvalue weighted by Gasteiger charge is 1.90. The van der Waals surface area contributed by atoms with Gasteiger partial charge in [0, 0.05) is 5.57 Å². The average molecular weight is 87.1 g/mol. The molecule has 0 aromatic carbocycles. The van der Waals surface area contributed by atoms with Crippen LogP contribution in [-0.2, 0) is 4.79 Å². The third kappa shape index (κ3) is 1.52. The first kappa shape index (κ1) is 5.21. The zero-order valence-corrected chi connectivity index (χ0v) is 3.56. The molecule has 2 heteroatoms. The summed E-state index contributed by atoms with van der Waals surface area (Å²) in [7, 11) is 0. The Morgan fingerprint density at radius 3 is 2.17 bits per heavy atom. The Labute approximate surface area is 37.6 Å². The van der Waals surface area contributed by atoms with Gasteiger partial charge < -0.3 is 5.11 Å². The van der Waals surface area contributed by atoms with Crippen LogP contribution in [-0.4, -0.2) is 11.1 Å². The van der Waals surface area contributed by atoms with Crippen molar-refractivity contribution in [2.24, 2.45) is 0 Å². The zero-order valence-electron chi connectivity index (χ0n) is 4.56. The second-order valence-corrected chi connectivity index (χ2v) is 1.09. The van der Waals surface area contributed by atoms with Crippen LogP contribution >= 0.6 is 0 Å². The lowest BCUT2D eigenvalue weighted by atomic mass is 10.4. The molecule has 0 saturated carbocycles. The third-order valence-corrected chi connectivity index (χ3v) is 0.365. The summed E-state index contributed by atoms with van der Waals surface area (Å²) >= 11 is 0. The molecule has 2 nitrogen and oxygen atoms in total. The van der Waals surface area contributed by atoms with Crippen LogP contribution in [0.1, 0.15) is 8.35 Å². The minimum atomic E-state index is -0.935. The van der Waals surface area contributed by atoms with Crippen molar-refractivity contribution in [3.05, 3.63) is 12.2 Å². The van der Waals surface area contributed by atoms with Crippen molar-refractivity contribution in [2.75, 3.05) is 0 Å². The second kappa shape index (κ2) is 1.60. The maximum atomic E-state index is 9.60. The fraction of sp³-hybridized carbons (Fsp3) is 0.250. The lowest BCUT2D eigenvalue weighted by molar-refractivity contribution is -0.132. The Balaban J connectivity index is 0. The van der Waals surface area contributed by atoms with Crippen molar-refractivity contribution >= 4 is 5.97 Å². The van der Waals surface area contributed by atoms with Gasteiger partial charge in [-0.05, 0) is 6.92 Å². The van der Waals surface area contributed by atoms with Crippen LogP contribution in [0, 0.1) is 0 Å². The average Bonchev–Trinajstić information content (AvgIpc) is 1.36. The molecule has 0 aromatic rings. The zero-order chi connectivity index (χ0) is 5.15. The van der Waals surface area contributed by atoms with Gasteiger partial charge in [0.25, 0.3) is 0 Å². The molecule has 0 rings (SSSR count). The van der Waals surface area contributed by atoms with Gasteiger partial charge in [-0.15, -0.1) is 0 Å². The molecule has 0 bridgehead atoms. The molecule has 0 aliphatic heterocycles. The van der Waals surface area contributed by atoms with Crippen molar-refractivity contribution < 1.29 is 11.3 Å². The SMILES string of the molecule is C=C(C)C(=O)O.[H+]. The van der Waals surface area contributed by atoms with Crippen LogP contribution in [0.2, 0.25) is 0 Å². The topological polar surface area (TPSA) is 37.3 Å². The van der Waals surface area contributed by atoms with E-state index in [0.29, 0.717) is 0 Å². The number of carboxylic acid groups (broad SMARTS) is 1. The van der Waals surface area contributed by atoms with Crippen LogP contribution < -0.4 is 0 Å². The van der Waals surface area contributed by atoms with Crippen molar-refractivity contribution in [1.29, 1.82) is 0 Å². The molecule has 6 heavy (non-hydrogen) atoms. The lowest BCUT2D eigenvalue weighted by Gasteiger charge is -1.79. The van der Waals surface area contributed by atoms with Gasteiger partial charge in [0.05, 0.1) is 0 Å². The molecule has 0 saturated heterocycles. The predicted molar refractivity (Wildman–Crippen MR) is 23.6 cm³/mol. The Morgan fingerprint density at radius 1 is 2.00 bits per heavy atom. The molecule has 34 valence electrons. The first-order chi connectivity index (χ1) is 2.64. The monoisotopic (exact) mass is 87.0 g/mol. The Morgan fingerprint density at radius 2 is 2.17 bits per heavy atom. The summed E-state index contributed by atoms with van der Waals surface area (Å²) in [5.41, 5.74) is 0.176. The van der Waals surface area contributed by atoms with Crippen LogP contribution in [0.4, 0.5) is 0 Å². The Kier molecular flexibility index (Phi) is 1.39. The molecule has 0 heterocycles. The van der Waals surface area contributed by atoms with Crippen LogP contribution in [0.25, 0.3) is 0 Å². The molecule has 0 aliphatic carbocycles. The fourth-order valence-corrected chi connectivity index (χ4v) is 0. The van der Waals surface area contributed by atoms with E-state index in [1.165, 1.54) is 6.92 Å². The van der Waals surface area contributed by atoms with Gasteiger partial charge in [-0.25, -0.2) is 4.79 Å². The normalized spacial score (nSPS) is 7.50. The molecule has 0 amide bonds. The molecule has 0 unspecified atom stereocenters. The van der Waals surface area contributed by atoms with E-state index in [1.54, 1.807) is 0 Å². The van der Waals surface area contributed by atoms with E-state index in [1.807, 2.05) is 0 Å². The third-order valence-electron chi connectivity index (χ3n) is 0.365. The summed E-state index contributed by atoms with van der Waals surface area (Å²) in [4.78, 5) is 9.60. The Bertz CT molecular complexity index is 75.7. The summed E-state index contributed by atoms with van der Waals surface area (Å²) in [5, 5.41) is 7.89. The second-order valence-electron chi connectivity index (χ2n) is 1.09. The Hall–Kier alpha value is -0.790. The minimum Gasteiger partial charge on any atom is -0.478 e. The minimum absolute atomic E-state index is 0. The highest BCUT2D eigenvalue weighted by atomic mass is 16.4. The first-order valence-electron chi connectivity index (χ1n) is 1.53. The van der Waals surface area contributed by atoms with Crippen molar-refractivity contribution in [3.8, 4) is 0 Å². The highest BCUT2D eigenvalue weighted by molar-refractivity contribution is 5.84. The fourth-order valence-electron chi connectivity index (χ4n) is 0. The van der Waals surface area contributed by atoms with Crippen molar-refractivity contribution in [2.45, 2.75) is 6.92 Å². The van der Waals surface area contributed by atoms with E-state index >= 15 is 0 Å². The summed E-state index contributed by atoms with van der Waals surface area (Å²) in [6, 6.07) is 0. The molecule has 1 N–H and O–H groups in total. The predicted octanol–water partition coefficient (Wildman–Crippen LogP) is 0.760. The van der Waals surface area contributed by atoms with Gasteiger partial charge >= 0.3 is 7.40 Å². The van der Waals surface area contributed by atoms with Gasteiger partial charge in [0.1, 0.15) is 0 Å². The van der Waals surface area contributed by atoms with E-state index in [-0.39, 0.29) is 7.00 Å². The number of hydrogen-bond acceptors (Lipinski definition) is 1. The summed E-state index contributed by atoms with van der Waals surface area (Å²) < 4.78 is 0. The van der Waals surface area contributed by atoms with E-state index in [4.69, 9.17) is 5.11 Å². The summed E-state index contributed by atoms with van der Waals surface area (Å²) in [6.45, 7) is 4.60. The van der Waals surface area contributed by atoms with E-state index < -0.39 is 5.97 Å². The quantitative estimate of drug-likeness (QED) is 0.479. The van der Waals surface area contributed by atoms with E-state index in [2.05, 4.69) is 6.58 Å². The van der Waals surface area contributed by atoms with E-state index in [0.717, 1.165) is 0 Å². The van der Waals surface area contributed by atoms with E-state index in [9.17, 15) is 4.79 Å². The molecule has 0 aromatic heterocycles. The molecule has 0 aliphatic rings. The van der Waals surface area contributed by atoms with Crippen LogP contribution in [0.5, 0.6) is 0 Å². The highest BCUT2D eigenvalue weighted by Crippen LogP contribution is 1.81. The van der Waals surface area contributed by atoms with Crippen molar-refractivity contribution in [1.82, 2.24) is 0 Å². The van der Waals surface area contributed by atoms with Gasteiger partial charge in [-0.3, -0.25) is 0 Å². The number of carbonyl (C=O) groups is 1. The smallest absolute Gasteiger partial charge is 0.478 e. The lowest BCUT2D eigenvalue weighted by Crippen LogP contribution is -1.92. The van der Waals surface area contributed by atoms with Gasteiger partial charge in [0.2, 0.25) is 0 Å². The van der Waals surface area contributed by atoms with Crippen LogP contribution in [0.15, 0.2) is 12.2 Å². The maximum Gasteiger partial charge on any atom is 1.00 e. The molecule has 0 radical (unpaired) electrons. The molecule has 0 atom stereocenters. The van der Waals surface area contributed by atoms with Gasteiger partial charge in [0.15, 0.2) is 0 Å². The molecular formula is C4H7O2+. The maximum absolute atomic E-state index is 9.60. The number of rotatable bonds is 1. The molecule has 0 spiro atoms. The molecular weight excluding hydrogens is 80.0 g/mol. The van der Waals surface area contributed by atoms with Gasteiger partial charge in [-0.1, -0.05) is 6.58 Å². The standard InChI is InChI=1S/C4H6O2/c1-3(2)4(5)6/h1H2,2H3,(H,5,6)/p+1. The van der Waals surface area contributed by atoms with Crippen LogP contribution in [0.3, 0.4) is 0 Å². The van der Waals surface area contributed by atoms with Crippen molar-refractivity contribution in [3.63, 3.8) is 0 Å².